The number of nitrogens with zero attached hydrogens (tertiary/aromatic N) is 1. The van der Waals surface area contributed by atoms with Gasteiger partial charge in [-0.2, -0.15) is 0 Å². The normalized spacial score (nSPS) is 16.9. The Labute approximate surface area is 152 Å². The van der Waals surface area contributed by atoms with Crippen LogP contribution in [0.1, 0.15) is 18.4 Å². The van der Waals surface area contributed by atoms with Gasteiger partial charge in [0, 0.05) is 19.2 Å². The molecule has 1 amide bonds. The van der Waals surface area contributed by atoms with E-state index in [1.807, 2.05) is 11.0 Å². The summed E-state index contributed by atoms with van der Waals surface area (Å²) in [5.41, 5.74) is 1.35. The van der Waals surface area contributed by atoms with Crippen LogP contribution >= 0.6 is 0 Å². The van der Waals surface area contributed by atoms with Gasteiger partial charge in [0.15, 0.2) is 11.5 Å². The van der Waals surface area contributed by atoms with E-state index in [2.05, 4.69) is 24.3 Å². The molecule has 0 bridgehead atoms. The van der Waals surface area contributed by atoms with E-state index in [-0.39, 0.29) is 17.4 Å². The van der Waals surface area contributed by atoms with Crippen molar-refractivity contribution in [2.45, 2.75) is 19.3 Å². The van der Waals surface area contributed by atoms with Crippen molar-refractivity contribution in [3.05, 3.63) is 66.1 Å². The molecule has 0 atom stereocenters. The minimum Gasteiger partial charge on any atom is -0.508 e. The Morgan fingerprint density at radius 2 is 1.85 bits per heavy atom. The van der Waals surface area contributed by atoms with Crippen LogP contribution in [0.3, 0.4) is 0 Å². The van der Waals surface area contributed by atoms with Gasteiger partial charge in [0.05, 0.1) is 0 Å². The van der Waals surface area contributed by atoms with Gasteiger partial charge < -0.3 is 19.5 Å². The minimum absolute atomic E-state index is 0.0935. The summed E-state index contributed by atoms with van der Waals surface area (Å²) in [5, 5.41) is 9.47. The summed E-state index contributed by atoms with van der Waals surface area (Å²) in [6.07, 6.45) is 4.35. The number of aromatic hydroxyl groups is 1. The molecule has 1 saturated heterocycles. The standard InChI is InChI=1S/C21H21NO4/c23-17-6-7-18-19(13-17)25-14-20(26-18)21(24)22-10-8-16(9-11-22)12-15-4-2-1-3-5-15/h1-7,13-14,16,23H,8-12H2. The number of carbonyl (C=O) groups is 1. The number of hydrogen-bond donors (Lipinski definition) is 1. The zero-order chi connectivity index (χ0) is 17.9. The Kier molecular flexibility index (Phi) is 4.52. The molecule has 2 aromatic rings. The van der Waals surface area contributed by atoms with Crippen molar-refractivity contribution in [3.8, 4) is 17.2 Å². The van der Waals surface area contributed by atoms with Crippen molar-refractivity contribution in [1.82, 2.24) is 4.90 Å². The third-order valence-electron chi connectivity index (χ3n) is 4.92. The van der Waals surface area contributed by atoms with Gasteiger partial charge in [-0.1, -0.05) is 30.3 Å². The smallest absolute Gasteiger partial charge is 0.292 e. The molecule has 134 valence electrons. The van der Waals surface area contributed by atoms with E-state index in [4.69, 9.17) is 9.47 Å². The first-order valence-electron chi connectivity index (χ1n) is 8.90. The molecule has 0 aromatic heterocycles. The topological polar surface area (TPSA) is 59.0 Å². The number of hydrogen-bond acceptors (Lipinski definition) is 4. The number of phenolic OH excluding ortho intramolecular Hbond substituents is 1. The van der Waals surface area contributed by atoms with E-state index in [9.17, 15) is 9.90 Å². The molecule has 2 aliphatic heterocycles. The third kappa shape index (κ3) is 3.52. The third-order valence-corrected chi connectivity index (χ3v) is 4.92. The first-order chi connectivity index (χ1) is 12.7. The van der Waals surface area contributed by atoms with Gasteiger partial charge >= 0.3 is 0 Å². The molecule has 0 saturated carbocycles. The molecular formula is C21H21NO4. The summed E-state index contributed by atoms with van der Waals surface area (Å²) in [6.45, 7) is 1.44. The monoisotopic (exact) mass is 351 g/mol. The van der Waals surface area contributed by atoms with E-state index in [0.29, 0.717) is 17.4 Å². The molecule has 4 rings (SSSR count). The number of benzene rings is 2. The van der Waals surface area contributed by atoms with Crippen molar-refractivity contribution in [2.75, 3.05) is 13.1 Å². The quantitative estimate of drug-likeness (QED) is 0.920. The lowest BCUT2D eigenvalue weighted by atomic mass is 9.90. The van der Waals surface area contributed by atoms with Gasteiger partial charge in [-0.15, -0.1) is 0 Å². The van der Waals surface area contributed by atoms with E-state index in [0.717, 1.165) is 32.4 Å². The van der Waals surface area contributed by atoms with Crippen LogP contribution in [0.5, 0.6) is 17.2 Å². The highest BCUT2D eigenvalue weighted by Crippen LogP contribution is 2.35. The van der Waals surface area contributed by atoms with Crippen LogP contribution in [0, 0.1) is 5.92 Å². The highest BCUT2D eigenvalue weighted by atomic mass is 16.6. The van der Waals surface area contributed by atoms with Crippen molar-refractivity contribution in [1.29, 1.82) is 0 Å². The second-order valence-corrected chi connectivity index (χ2v) is 6.76. The second kappa shape index (κ2) is 7.12. The predicted molar refractivity (Wildman–Crippen MR) is 96.9 cm³/mol. The van der Waals surface area contributed by atoms with Gasteiger partial charge in [0.1, 0.15) is 12.0 Å². The number of likely N-dealkylation sites (tertiary alicyclic amines) is 1. The van der Waals surface area contributed by atoms with Gasteiger partial charge in [-0.25, -0.2) is 0 Å². The van der Waals surface area contributed by atoms with Crippen LogP contribution in [0.25, 0.3) is 0 Å². The molecule has 26 heavy (non-hydrogen) atoms. The maximum Gasteiger partial charge on any atom is 0.292 e. The molecule has 0 spiro atoms. The van der Waals surface area contributed by atoms with Crippen LogP contribution in [0.2, 0.25) is 0 Å². The van der Waals surface area contributed by atoms with Gasteiger partial charge in [-0.3, -0.25) is 4.79 Å². The number of ether oxygens (including phenoxy) is 2. The summed E-state index contributed by atoms with van der Waals surface area (Å²) in [7, 11) is 0. The molecule has 1 fully saturated rings. The summed E-state index contributed by atoms with van der Waals surface area (Å²) in [6, 6.07) is 15.0. The van der Waals surface area contributed by atoms with Gasteiger partial charge in [-0.05, 0) is 42.9 Å². The highest BCUT2D eigenvalue weighted by molar-refractivity contribution is 5.92. The lowest BCUT2D eigenvalue weighted by molar-refractivity contribution is -0.131. The first kappa shape index (κ1) is 16.5. The number of carbonyl (C=O) groups excluding carboxylic acids is 1. The summed E-state index contributed by atoms with van der Waals surface area (Å²) < 4.78 is 11.1. The fraction of sp³-hybridized carbons (Fsp3) is 0.286. The number of rotatable bonds is 3. The number of fused-ring (bicyclic) bond motifs is 1. The Morgan fingerprint density at radius 1 is 1.08 bits per heavy atom. The van der Waals surface area contributed by atoms with Crippen LogP contribution in [-0.2, 0) is 11.2 Å². The average molecular weight is 351 g/mol. The summed E-state index contributed by atoms with van der Waals surface area (Å²) in [5.74, 6) is 1.57. The summed E-state index contributed by atoms with van der Waals surface area (Å²) >= 11 is 0. The maximum absolute atomic E-state index is 12.7. The SMILES string of the molecule is O=C(C1=COc2cc(O)ccc2O1)N1CCC(Cc2ccccc2)CC1. The molecule has 2 aliphatic rings. The lowest BCUT2D eigenvalue weighted by Gasteiger charge is -2.32. The largest absolute Gasteiger partial charge is 0.508 e. The Balaban J connectivity index is 1.34. The number of piperidine rings is 1. The molecule has 0 unspecified atom stereocenters. The van der Waals surface area contributed by atoms with Crippen molar-refractivity contribution in [2.24, 2.45) is 5.92 Å². The van der Waals surface area contributed by atoms with Crippen LogP contribution in [0.15, 0.2) is 60.6 Å². The Hall–Kier alpha value is -2.95. The lowest BCUT2D eigenvalue weighted by Crippen LogP contribution is -2.40. The zero-order valence-corrected chi connectivity index (χ0v) is 14.4. The predicted octanol–water partition coefficient (Wildman–Crippen LogP) is 3.49. The first-order valence-corrected chi connectivity index (χ1v) is 8.90. The number of phenols is 1. The van der Waals surface area contributed by atoms with Gasteiger partial charge in [0.2, 0.25) is 5.76 Å². The molecule has 2 aromatic carbocycles. The zero-order valence-electron chi connectivity index (χ0n) is 14.4. The van der Waals surface area contributed by atoms with Crippen LogP contribution < -0.4 is 9.47 Å². The van der Waals surface area contributed by atoms with E-state index >= 15 is 0 Å². The number of amides is 1. The molecule has 5 nitrogen and oxygen atoms in total. The molecule has 5 heteroatoms. The van der Waals surface area contributed by atoms with Crippen molar-refractivity contribution in [3.63, 3.8) is 0 Å². The molecular weight excluding hydrogens is 330 g/mol. The summed E-state index contributed by atoms with van der Waals surface area (Å²) in [4.78, 5) is 14.5. The van der Waals surface area contributed by atoms with E-state index in [1.54, 1.807) is 6.07 Å². The van der Waals surface area contributed by atoms with Crippen LogP contribution in [-0.4, -0.2) is 29.0 Å². The fourth-order valence-corrected chi connectivity index (χ4v) is 3.47. The Morgan fingerprint density at radius 3 is 2.62 bits per heavy atom. The fourth-order valence-electron chi connectivity index (χ4n) is 3.47. The molecule has 0 radical (unpaired) electrons. The van der Waals surface area contributed by atoms with Crippen molar-refractivity contribution >= 4 is 5.91 Å². The maximum atomic E-state index is 12.7. The molecule has 0 aliphatic carbocycles. The minimum atomic E-state index is -0.151. The van der Waals surface area contributed by atoms with Crippen molar-refractivity contribution < 1.29 is 19.4 Å². The van der Waals surface area contributed by atoms with E-state index < -0.39 is 0 Å². The molecule has 1 N–H and O–H groups in total. The average Bonchev–Trinajstić information content (AvgIpc) is 2.68. The highest BCUT2D eigenvalue weighted by Gasteiger charge is 2.28. The van der Waals surface area contributed by atoms with E-state index in [1.165, 1.54) is 24.0 Å². The molecule has 2 heterocycles. The van der Waals surface area contributed by atoms with Gasteiger partial charge in [0.25, 0.3) is 5.91 Å². The Bertz CT molecular complexity index is 823. The van der Waals surface area contributed by atoms with Crippen LogP contribution in [0.4, 0.5) is 0 Å². The second-order valence-electron chi connectivity index (χ2n) is 6.76.